The number of nitrogens with one attached hydrogen (secondary N) is 1. The summed E-state index contributed by atoms with van der Waals surface area (Å²) in [6.45, 7) is 10.0. The molecule has 3 nitrogen and oxygen atoms in total. The number of piperidine rings is 1. The van der Waals surface area contributed by atoms with E-state index >= 15 is 0 Å². The number of pyridine rings is 1. The second-order valence-corrected chi connectivity index (χ2v) is 6.14. The van der Waals surface area contributed by atoms with Crippen LogP contribution in [0.15, 0.2) is 12.3 Å². The quantitative estimate of drug-likeness (QED) is 0.890. The minimum absolute atomic E-state index is 0.502. The third-order valence-corrected chi connectivity index (χ3v) is 3.92. The van der Waals surface area contributed by atoms with E-state index in [2.05, 4.69) is 42.0 Å². The number of aromatic nitrogens is 1. The second kappa shape index (κ2) is 5.27. The Morgan fingerprint density at radius 3 is 2.61 bits per heavy atom. The molecule has 0 spiro atoms. The molecule has 1 aromatic rings. The van der Waals surface area contributed by atoms with Gasteiger partial charge in [-0.1, -0.05) is 13.8 Å². The van der Waals surface area contributed by atoms with Gasteiger partial charge in [0.1, 0.15) is 0 Å². The number of aryl methyl sites for hydroxylation is 1. The summed E-state index contributed by atoms with van der Waals surface area (Å²) in [7, 11) is 1.99. The van der Waals surface area contributed by atoms with Crippen molar-refractivity contribution >= 4 is 5.69 Å². The van der Waals surface area contributed by atoms with E-state index in [1.54, 1.807) is 0 Å². The Hall–Kier alpha value is -1.09. The first-order valence-corrected chi connectivity index (χ1v) is 6.87. The first kappa shape index (κ1) is 13.3. The minimum Gasteiger partial charge on any atom is -0.371 e. The van der Waals surface area contributed by atoms with Crippen LogP contribution in [0.4, 0.5) is 5.69 Å². The molecule has 2 heterocycles. The molecule has 18 heavy (non-hydrogen) atoms. The van der Waals surface area contributed by atoms with Gasteiger partial charge in [0, 0.05) is 42.8 Å². The molecule has 100 valence electrons. The van der Waals surface area contributed by atoms with Crippen molar-refractivity contribution in [2.45, 2.75) is 40.2 Å². The monoisotopic (exact) mass is 247 g/mol. The maximum absolute atomic E-state index is 4.42. The fourth-order valence-electron chi connectivity index (χ4n) is 2.55. The van der Waals surface area contributed by atoms with Crippen molar-refractivity contribution < 1.29 is 0 Å². The lowest BCUT2D eigenvalue weighted by atomic mass is 9.82. The third kappa shape index (κ3) is 3.02. The van der Waals surface area contributed by atoms with Crippen LogP contribution < -0.4 is 10.2 Å². The van der Waals surface area contributed by atoms with Gasteiger partial charge in [-0.05, 0) is 38.3 Å². The Labute approximate surface area is 111 Å². The van der Waals surface area contributed by atoms with Crippen molar-refractivity contribution in [3.05, 3.63) is 23.5 Å². The number of hydrogen-bond donors (Lipinski definition) is 1. The smallest absolute Gasteiger partial charge is 0.0445 e. The molecule has 2 rings (SSSR count). The average molecular weight is 247 g/mol. The van der Waals surface area contributed by atoms with Crippen LogP contribution in [0, 0.1) is 12.3 Å². The van der Waals surface area contributed by atoms with Crippen LogP contribution in [0.2, 0.25) is 0 Å². The Balaban J connectivity index is 2.19. The van der Waals surface area contributed by atoms with Crippen LogP contribution in [-0.4, -0.2) is 25.1 Å². The van der Waals surface area contributed by atoms with Gasteiger partial charge >= 0.3 is 0 Å². The zero-order valence-corrected chi connectivity index (χ0v) is 12.1. The summed E-state index contributed by atoms with van der Waals surface area (Å²) in [4.78, 5) is 6.94. The summed E-state index contributed by atoms with van der Waals surface area (Å²) < 4.78 is 0. The summed E-state index contributed by atoms with van der Waals surface area (Å²) >= 11 is 0. The lowest BCUT2D eigenvalue weighted by molar-refractivity contribution is 0.279. The molecule has 3 heteroatoms. The van der Waals surface area contributed by atoms with E-state index in [9.17, 15) is 0 Å². The van der Waals surface area contributed by atoms with E-state index in [0.29, 0.717) is 5.41 Å². The van der Waals surface area contributed by atoms with Crippen LogP contribution in [-0.2, 0) is 6.54 Å². The van der Waals surface area contributed by atoms with Gasteiger partial charge in [0.05, 0.1) is 0 Å². The summed E-state index contributed by atoms with van der Waals surface area (Å²) in [6, 6.07) is 2.23. The molecular formula is C15H25N3. The van der Waals surface area contributed by atoms with E-state index in [-0.39, 0.29) is 0 Å². The molecular weight excluding hydrogens is 222 g/mol. The van der Waals surface area contributed by atoms with Crippen molar-refractivity contribution in [1.82, 2.24) is 10.3 Å². The Bertz CT molecular complexity index is 402. The van der Waals surface area contributed by atoms with Crippen molar-refractivity contribution in [3.63, 3.8) is 0 Å². The molecule has 0 bridgehead atoms. The zero-order valence-electron chi connectivity index (χ0n) is 12.1. The predicted molar refractivity (Wildman–Crippen MR) is 77.0 cm³/mol. The van der Waals surface area contributed by atoms with Crippen LogP contribution in [0.1, 0.15) is 37.9 Å². The summed E-state index contributed by atoms with van der Waals surface area (Å²) in [5.41, 5.74) is 4.28. The van der Waals surface area contributed by atoms with Crippen LogP contribution in [0.5, 0.6) is 0 Å². The highest BCUT2D eigenvalue weighted by Crippen LogP contribution is 2.33. The second-order valence-electron chi connectivity index (χ2n) is 6.14. The molecule has 0 amide bonds. The Morgan fingerprint density at radius 1 is 1.33 bits per heavy atom. The molecule has 0 unspecified atom stereocenters. The van der Waals surface area contributed by atoms with Gasteiger partial charge < -0.3 is 10.2 Å². The van der Waals surface area contributed by atoms with Crippen molar-refractivity contribution in [1.29, 1.82) is 0 Å². The number of hydrogen-bond acceptors (Lipinski definition) is 3. The molecule has 0 aliphatic carbocycles. The van der Waals surface area contributed by atoms with Crippen LogP contribution >= 0.6 is 0 Å². The van der Waals surface area contributed by atoms with Gasteiger partial charge in [0.15, 0.2) is 0 Å². The fourth-order valence-corrected chi connectivity index (χ4v) is 2.55. The van der Waals surface area contributed by atoms with Crippen LogP contribution in [0.3, 0.4) is 0 Å². The molecule has 1 saturated heterocycles. The third-order valence-electron chi connectivity index (χ3n) is 3.92. The van der Waals surface area contributed by atoms with E-state index in [1.807, 2.05) is 13.2 Å². The molecule has 0 atom stereocenters. The first-order chi connectivity index (χ1) is 8.52. The normalized spacial score (nSPS) is 19.0. The number of rotatable bonds is 3. The molecule has 1 aliphatic rings. The largest absolute Gasteiger partial charge is 0.371 e. The van der Waals surface area contributed by atoms with Crippen LogP contribution in [0.25, 0.3) is 0 Å². The maximum Gasteiger partial charge on any atom is 0.0445 e. The topological polar surface area (TPSA) is 28.2 Å². The van der Waals surface area contributed by atoms with Gasteiger partial charge in [0.2, 0.25) is 0 Å². The summed E-state index contributed by atoms with van der Waals surface area (Å²) in [6.07, 6.45) is 4.56. The molecule has 1 N–H and O–H groups in total. The van der Waals surface area contributed by atoms with Gasteiger partial charge in [0.25, 0.3) is 0 Å². The molecule has 0 aromatic carbocycles. The van der Waals surface area contributed by atoms with E-state index in [1.165, 1.54) is 24.1 Å². The lowest BCUT2D eigenvalue weighted by Gasteiger charge is -2.39. The predicted octanol–water partition coefficient (Wildman–Crippen LogP) is 2.74. The zero-order chi connectivity index (χ0) is 13.2. The summed E-state index contributed by atoms with van der Waals surface area (Å²) in [5.74, 6) is 0. The summed E-state index contributed by atoms with van der Waals surface area (Å²) in [5, 5.41) is 3.23. The standard InChI is InChI=1S/C15H25N3/c1-12-9-14(13(10-16-4)11-17-12)18-7-5-15(2,3)6-8-18/h9,11,16H,5-8,10H2,1-4H3. The minimum atomic E-state index is 0.502. The molecule has 1 aliphatic heterocycles. The van der Waals surface area contributed by atoms with Crippen molar-refractivity contribution in [2.24, 2.45) is 5.41 Å². The lowest BCUT2D eigenvalue weighted by Crippen LogP contribution is -2.38. The van der Waals surface area contributed by atoms with Crippen molar-refractivity contribution in [3.8, 4) is 0 Å². The van der Waals surface area contributed by atoms with E-state index in [4.69, 9.17) is 0 Å². The Kier molecular flexibility index (Phi) is 3.91. The molecule has 1 aromatic heterocycles. The highest BCUT2D eigenvalue weighted by atomic mass is 15.1. The van der Waals surface area contributed by atoms with Gasteiger partial charge in [-0.25, -0.2) is 0 Å². The Morgan fingerprint density at radius 2 is 2.00 bits per heavy atom. The highest BCUT2D eigenvalue weighted by molar-refractivity contribution is 5.54. The van der Waals surface area contributed by atoms with Gasteiger partial charge in [-0.3, -0.25) is 4.98 Å². The van der Waals surface area contributed by atoms with E-state index < -0.39 is 0 Å². The van der Waals surface area contributed by atoms with Crippen molar-refractivity contribution in [2.75, 3.05) is 25.0 Å². The maximum atomic E-state index is 4.42. The fraction of sp³-hybridized carbons (Fsp3) is 0.667. The molecule has 0 saturated carbocycles. The SMILES string of the molecule is CNCc1cnc(C)cc1N1CCC(C)(C)CC1. The molecule has 0 radical (unpaired) electrons. The van der Waals surface area contributed by atoms with E-state index in [0.717, 1.165) is 25.3 Å². The number of nitrogens with zero attached hydrogens (tertiary/aromatic N) is 2. The first-order valence-electron chi connectivity index (χ1n) is 6.87. The molecule has 1 fully saturated rings. The number of anilines is 1. The average Bonchev–Trinajstić information content (AvgIpc) is 2.32. The highest BCUT2D eigenvalue weighted by Gasteiger charge is 2.26. The van der Waals surface area contributed by atoms with Gasteiger partial charge in [-0.15, -0.1) is 0 Å². The van der Waals surface area contributed by atoms with Gasteiger partial charge in [-0.2, -0.15) is 0 Å².